The quantitative estimate of drug-likeness (QED) is 0.351. The molecule has 1 saturated carbocycles. The largest absolute Gasteiger partial charge is 0.433 e. The average Bonchev–Trinajstić information content (AvgIpc) is 2.80. The number of nitrogens with zero attached hydrogens (tertiary/aromatic N) is 3. The summed E-state index contributed by atoms with van der Waals surface area (Å²) in [5, 5.41) is 0.984. The predicted molar refractivity (Wildman–Crippen MR) is 117 cm³/mol. The summed E-state index contributed by atoms with van der Waals surface area (Å²) in [6, 6.07) is 8.94. The molecule has 2 N–H and O–H groups in total. The second-order valence-electron chi connectivity index (χ2n) is 8.29. The molecule has 11 heteroatoms. The van der Waals surface area contributed by atoms with E-state index in [1.807, 2.05) is 30.3 Å². The third-order valence-electron chi connectivity index (χ3n) is 5.80. The minimum absolute atomic E-state index is 0.0828. The molecule has 1 heterocycles. The van der Waals surface area contributed by atoms with E-state index < -0.39 is 29.8 Å². The van der Waals surface area contributed by atoms with E-state index in [0.717, 1.165) is 55.0 Å². The lowest BCUT2D eigenvalue weighted by molar-refractivity contribution is -0.206. The van der Waals surface area contributed by atoms with Crippen molar-refractivity contribution in [3.05, 3.63) is 53.9 Å². The molecular formula is C23H28F3N5O3. The van der Waals surface area contributed by atoms with E-state index in [1.54, 1.807) is 0 Å². The average molecular weight is 480 g/mol. The van der Waals surface area contributed by atoms with Gasteiger partial charge in [-0.25, -0.2) is 15.0 Å². The predicted octanol–water partition coefficient (Wildman–Crippen LogP) is 4.11. The Morgan fingerprint density at radius 3 is 2.65 bits per heavy atom. The summed E-state index contributed by atoms with van der Waals surface area (Å²) in [6.45, 7) is 2.19. The van der Waals surface area contributed by atoms with Crippen LogP contribution in [0.4, 0.5) is 19.1 Å². The van der Waals surface area contributed by atoms with Crippen LogP contribution in [0, 0.1) is 11.8 Å². The van der Waals surface area contributed by atoms with Gasteiger partial charge in [-0.05, 0) is 36.3 Å². The van der Waals surface area contributed by atoms with Crippen molar-refractivity contribution < 1.29 is 27.6 Å². The van der Waals surface area contributed by atoms with Gasteiger partial charge in [-0.15, -0.1) is 0 Å². The van der Waals surface area contributed by atoms with E-state index >= 15 is 0 Å². The summed E-state index contributed by atoms with van der Waals surface area (Å²) >= 11 is 0. The minimum atomic E-state index is -4.65. The molecule has 1 aromatic heterocycles. The number of carbonyl (C=O) groups excluding carboxylic acids is 2. The van der Waals surface area contributed by atoms with Crippen molar-refractivity contribution >= 4 is 18.3 Å². The molecule has 0 radical (unpaired) electrons. The molecule has 0 saturated heterocycles. The molecule has 0 spiro atoms. The van der Waals surface area contributed by atoms with Gasteiger partial charge in [-0.2, -0.15) is 13.2 Å². The number of amides is 2. The molecule has 1 atom stereocenters. The van der Waals surface area contributed by atoms with Crippen LogP contribution in [0.1, 0.15) is 50.3 Å². The Morgan fingerprint density at radius 2 is 2.00 bits per heavy atom. The molecule has 8 nitrogen and oxygen atoms in total. The Kier molecular flexibility index (Phi) is 8.80. The zero-order valence-corrected chi connectivity index (χ0v) is 18.8. The van der Waals surface area contributed by atoms with E-state index in [9.17, 15) is 22.8 Å². The van der Waals surface area contributed by atoms with Crippen molar-refractivity contribution in [1.82, 2.24) is 20.5 Å². The number of rotatable bonds is 12. The van der Waals surface area contributed by atoms with Gasteiger partial charge in [-0.1, -0.05) is 56.5 Å². The normalized spacial score (nSPS) is 18.5. The summed E-state index contributed by atoms with van der Waals surface area (Å²) < 4.78 is 38.7. The van der Waals surface area contributed by atoms with Gasteiger partial charge in [0.2, 0.25) is 12.4 Å². The lowest BCUT2D eigenvalue weighted by Gasteiger charge is -2.42. The van der Waals surface area contributed by atoms with Gasteiger partial charge >= 0.3 is 6.18 Å². The zero-order valence-electron chi connectivity index (χ0n) is 18.8. The lowest BCUT2D eigenvalue weighted by atomic mass is 9.69. The Bertz CT molecular complexity index is 939. The number of hydroxylamine groups is 2. The summed E-state index contributed by atoms with van der Waals surface area (Å²) in [7, 11) is 0. The molecule has 1 fully saturated rings. The summed E-state index contributed by atoms with van der Waals surface area (Å²) in [5.41, 5.74) is 4.33. The number of anilines is 1. The number of halogens is 3. The lowest BCUT2D eigenvalue weighted by Crippen LogP contribution is -2.54. The maximum Gasteiger partial charge on any atom is 0.433 e. The second-order valence-corrected chi connectivity index (χ2v) is 8.29. The molecule has 0 bridgehead atoms. The third-order valence-corrected chi connectivity index (χ3v) is 5.80. The summed E-state index contributed by atoms with van der Waals surface area (Å²) in [5.74, 6) is -0.728. The van der Waals surface area contributed by atoms with Crippen molar-refractivity contribution in [1.29, 1.82) is 0 Å². The molecule has 34 heavy (non-hydrogen) atoms. The van der Waals surface area contributed by atoms with E-state index in [-0.39, 0.29) is 12.5 Å². The van der Waals surface area contributed by atoms with Crippen LogP contribution in [0.25, 0.3) is 0 Å². The van der Waals surface area contributed by atoms with Crippen molar-refractivity contribution in [2.75, 3.05) is 5.43 Å². The number of alkyl halides is 3. The topological polar surface area (TPSA) is 96.5 Å². The van der Waals surface area contributed by atoms with Gasteiger partial charge in [0.25, 0.3) is 5.91 Å². The van der Waals surface area contributed by atoms with Crippen LogP contribution in [-0.4, -0.2) is 33.4 Å². The van der Waals surface area contributed by atoms with Gasteiger partial charge in [0.05, 0.1) is 0 Å². The van der Waals surface area contributed by atoms with Crippen molar-refractivity contribution in [3.8, 4) is 0 Å². The minimum Gasteiger partial charge on any atom is -0.276 e. The van der Waals surface area contributed by atoms with Crippen LogP contribution < -0.4 is 10.9 Å². The fourth-order valence-corrected chi connectivity index (χ4v) is 3.98. The molecule has 1 unspecified atom stereocenters. The smallest absolute Gasteiger partial charge is 0.276 e. The first-order valence-corrected chi connectivity index (χ1v) is 11.2. The molecule has 184 valence electrons. The van der Waals surface area contributed by atoms with Crippen LogP contribution >= 0.6 is 0 Å². The molecular weight excluding hydrogens is 451 g/mol. The standard InChI is InChI=1S/C23H28F3N5O3/c1-2-3-7-17-12-18(13-17)20(31(15-32)34-14-16-8-5-4-6-9-16)21(33)29-30-22-27-11-10-19(28-22)23(24,25)26/h4-6,8-11,15,17-18,20H,2-3,7,12-14H2,1H3,(H,29,33)(H,27,28,30). The molecule has 2 amide bonds. The monoisotopic (exact) mass is 479 g/mol. The number of carbonyl (C=O) groups is 2. The van der Waals surface area contributed by atoms with Crippen LogP contribution in [0.3, 0.4) is 0 Å². The van der Waals surface area contributed by atoms with Crippen molar-refractivity contribution in [3.63, 3.8) is 0 Å². The van der Waals surface area contributed by atoms with E-state index in [2.05, 4.69) is 27.7 Å². The number of hydrogen-bond donors (Lipinski definition) is 2. The van der Waals surface area contributed by atoms with Crippen LogP contribution in [0.15, 0.2) is 42.6 Å². The molecule has 3 rings (SSSR count). The van der Waals surface area contributed by atoms with Crippen LogP contribution in [0.5, 0.6) is 0 Å². The fraction of sp³-hybridized carbons (Fsp3) is 0.478. The molecule has 1 aromatic carbocycles. The van der Waals surface area contributed by atoms with Gasteiger partial charge in [0.15, 0.2) is 0 Å². The first kappa shape index (κ1) is 25.4. The molecule has 0 aliphatic heterocycles. The number of unbranched alkanes of at least 4 members (excludes halogenated alkanes) is 1. The van der Waals surface area contributed by atoms with Gasteiger partial charge in [0, 0.05) is 6.20 Å². The van der Waals surface area contributed by atoms with Crippen molar-refractivity contribution in [2.45, 2.75) is 57.9 Å². The SMILES string of the molecule is CCCCC1CC(C(C(=O)NNc2nccc(C(F)(F)F)n2)N(C=O)OCc2ccccc2)C1. The second kappa shape index (κ2) is 11.8. The highest BCUT2D eigenvalue weighted by Gasteiger charge is 2.42. The molecule has 2 aromatic rings. The Morgan fingerprint density at radius 1 is 1.26 bits per heavy atom. The number of hydrogen-bond acceptors (Lipinski definition) is 6. The van der Waals surface area contributed by atoms with E-state index in [1.165, 1.54) is 0 Å². The highest BCUT2D eigenvalue weighted by molar-refractivity contribution is 5.84. The summed E-state index contributed by atoms with van der Waals surface area (Å²) in [6.07, 6.45) is 1.44. The Hall–Kier alpha value is -3.21. The van der Waals surface area contributed by atoms with Crippen LogP contribution in [-0.2, 0) is 27.2 Å². The third kappa shape index (κ3) is 6.89. The first-order valence-electron chi connectivity index (χ1n) is 11.2. The summed E-state index contributed by atoms with van der Waals surface area (Å²) in [4.78, 5) is 37.6. The number of hydrazine groups is 1. The number of aromatic nitrogens is 2. The fourth-order valence-electron chi connectivity index (χ4n) is 3.98. The maximum atomic E-state index is 13.0. The zero-order chi connectivity index (χ0) is 24.6. The highest BCUT2D eigenvalue weighted by Crippen LogP contribution is 2.41. The number of nitrogens with one attached hydrogen (secondary N) is 2. The van der Waals surface area contributed by atoms with Crippen molar-refractivity contribution in [2.24, 2.45) is 11.8 Å². The van der Waals surface area contributed by atoms with Gasteiger partial charge in [0.1, 0.15) is 18.3 Å². The number of benzene rings is 1. The molecule has 1 aliphatic carbocycles. The van der Waals surface area contributed by atoms with Crippen LogP contribution in [0.2, 0.25) is 0 Å². The maximum absolute atomic E-state index is 13.0. The van der Waals surface area contributed by atoms with Gasteiger partial charge in [-0.3, -0.25) is 25.3 Å². The Balaban J connectivity index is 1.68. The Labute approximate surface area is 195 Å². The molecule has 1 aliphatic rings. The van der Waals surface area contributed by atoms with E-state index in [4.69, 9.17) is 4.84 Å². The first-order chi connectivity index (χ1) is 16.3. The van der Waals surface area contributed by atoms with E-state index in [0.29, 0.717) is 12.3 Å². The van der Waals surface area contributed by atoms with Gasteiger partial charge < -0.3 is 0 Å². The highest BCUT2D eigenvalue weighted by atomic mass is 19.4.